The lowest BCUT2D eigenvalue weighted by atomic mass is 9.58. The molecule has 0 aromatic heterocycles. The highest BCUT2D eigenvalue weighted by atomic mass is 32.1. The third-order valence-electron chi connectivity index (χ3n) is 14.1. The molecule has 0 saturated carbocycles. The zero-order valence-corrected chi connectivity index (χ0v) is 41.6. The molecule has 0 heterocycles. The molecule has 3 aromatic rings. The first-order chi connectivity index (χ1) is 30.4. The molecule has 5 rings (SSSR count). The van der Waals surface area contributed by atoms with Gasteiger partial charge in [0, 0.05) is 4.65 Å². The van der Waals surface area contributed by atoms with E-state index in [9.17, 15) is 0 Å². The van der Waals surface area contributed by atoms with Crippen LogP contribution in [0.2, 0.25) is 0 Å². The molecule has 0 spiro atoms. The van der Waals surface area contributed by atoms with E-state index in [1.807, 2.05) is 26.8 Å². The van der Waals surface area contributed by atoms with Gasteiger partial charge in [-0.2, -0.15) is 12.6 Å². The largest absolute Gasteiger partial charge is 0.207 e. The highest BCUT2D eigenvalue weighted by molar-refractivity contribution is 7.83. The molecule has 64 heavy (non-hydrogen) atoms. The minimum absolute atomic E-state index is 0.0823. The van der Waals surface area contributed by atoms with Gasteiger partial charge in [0.05, 0.1) is 7.85 Å². The first-order valence-electron chi connectivity index (χ1n) is 23.3. The number of aryl methyl sites for hydroxylation is 2. The lowest BCUT2D eigenvalue weighted by Gasteiger charge is -2.45. The van der Waals surface area contributed by atoms with E-state index in [0.717, 1.165) is 54.4 Å². The van der Waals surface area contributed by atoms with Gasteiger partial charge in [-0.05, 0) is 166 Å². The number of rotatable bonds is 17. The summed E-state index contributed by atoms with van der Waals surface area (Å²) in [6.07, 6.45) is 32.3. The predicted molar refractivity (Wildman–Crippen MR) is 285 cm³/mol. The van der Waals surface area contributed by atoms with Gasteiger partial charge in [0.1, 0.15) is 5.83 Å². The lowest BCUT2D eigenvalue weighted by Crippen LogP contribution is -2.40. The summed E-state index contributed by atoms with van der Waals surface area (Å²) in [6, 6.07) is 19.8. The summed E-state index contributed by atoms with van der Waals surface area (Å²) in [7, 11) is 7.19. The molecule has 2 aliphatic carbocycles. The zero-order valence-electron chi connectivity index (χ0n) is 40.7. The van der Waals surface area contributed by atoms with E-state index in [1.54, 1.807) is 0 Å². The molecule has 0 bridgehead atoms. The van der Waals surface area contributed by atoms with E-state index in [0.29, 0.717) is 5.57 Å². The highest BCUT2D eigenvalue weighted by Crippen LogP contribution is 2.54. The molecule has 0 nitrogen and oxygen atoms in total. The molecule has 2 radical (unpaired) electrons. The van der Waals surface area contributed by atoms with Crippen molar-refractivity contribution in [1.82, 2.24) is 0 Å². The van der Waals surface area contributed by atoms with Crippen LogP contribution in [0.15, 0.2) is 175 Å². The second-order valence-electron chi connectivity index (χ2n) is 19.0. The summed E-state index contributed by atoms with van der Waals surface area (Å²) in [5.41, 5.74) is 16.3. The van der Waals surface area contributed by atoms with Crippen LogP contribution in [-0.4, -0.2) is 12.5 Å². The van der Waals surface area contributed by atoms with Crippen molar-refractivity contribution in [2.24, 2.45) is 22.7 Å². The topological polar surface area (TPSA) is 0 Å². The second kappa shape index (κ2) is 21.4. The van der Waals surface area contributed by atoms with Crippen molar-refractivity contribution >= 4 is 31.6 Å². The van der Waals surface area contributed by atoms with Gasteiger partial charge in [0.25, 0.3) is 0 Å². The minimum atomic E-state index is -1.33. The highest BCUT2D eigenvalue weighted by Gasteiger charge is 2.44. The molecule has 3 heteroatoms. The molecule has 0 saturated heterocycles. The smallest absolute Gasteiger partial charge is 0.126 e. The van der Waals surface area contributed by atoms with Crippen LogP contribution in [0.1, 0.15) is 121 Å². The molecule has 2 aliphatic rings. The van der Waals surface area contributed by atoms with Crippen molar-refractivity contribution in [3.8, 4) is 11.1 Å². The Balaban J connectivity index is 1.73. The van der Waals surface area contributed by atoms with Gasteiger partial charge in [0.2, 0.25) is 0 Å². The maximum absolute atomic E-state index is 16.7. The molecule has 0 N–H and O–H groups in total. The van der Waals surface area contributed by atoms with Gasteiger partial charge in [-0.1, -0.05) is 195 Å². The molecular formula is C61H72BFS. The zero-order chi connectivity index (χ0) is 47.0. The summed E-state index contributed by atoms with van der Waals surface area (Å²) < 4.78 is 15.4. The Bertz CT molecular complexity index is 2510. The Labute approximate surface area is 394 Å². The summed E-state index contributed by atoms with van der Waals surface area (Å²) in [4.78, 5) is 0. The summed E-state index contributed by atoms with van der Waals surface area (Å²) in [6.45, 7) is 32.3. The van der Waals surface area contributed by atoms with Crippen molar-refractivity contribution in [3.63, 3.8) is 0 Å². The third kappa shape index (κ3) is 10.5. The maximum Gasteiger partial charge on any atom is 0.126 e. The summed E-state index contributed by atoms with van der Waals surface area (Å²) >= 11 is 5.10. The minimum Gasteiger partial charge on any atom is -0.207 e. The van der Waals surface area contributed by atoms with E-state index in [-0.39, 0.29) is 11.8 Å². The SMILES string of the molecule is [B]C(S)(C(/C=C(/c1c(C)ccc2c1Cc1c(C/C=C\C(=C/C)c3ccccc3C)cccc1-2)C(C)C(C)(C=CCC)C1CC=CC=C1C(=C)/C=C\C(=C/C)CC)=C(\F)C=C)C(C)(C)C. The van der Waals surface area contributed by atoms with Gasteiger partial charge in [-0.15, -0.1) is 0 Å². The molecule has 0 aliphatic heterocycles. The molecule has 4 unspecified atom stereocenters. The Morgan fingerprint density at radius 1 is 0.906 bits per heavy atom. The van der Waals surface area contributed by atoms with Crippen molar-refractivity contribution in [1.29, 1.82) is 0 Å². The number of halogens is 1. The van der Waals surface area contributed by atoms with E-state index in [4.69, 9.17) is 20.5 Å². The van der Waals surface area contributed by atoms with E-state index < -0.39 is 21.3 Å². The molecule has 0 fully saturated rings. The van der Waals surface area contributed by atoms with Crippen LogP contribution >= 0.6 is 12.6 Å². The average molecular weight is 867 g/mol. The van der Waals surface area contributed by atoms with Crippen molar-refractivity contribution < 1.29 is 4.39 Å². The summed E-state index contributed by atoms with van der Waals surface area (Å²) in [5.74, 6) is -0.506. The Morgan fingerprint density at radius 3 is 2.27 bits per heavy atom. The fourth-order valence-electron chi connectivity index (χ4n) is 9.60. The van der Waals surface area contributed by atoms with Crippen molar-refractivity contribution in [3.05, 3.63) is 214 Å². The van der Waals surface area contributed by atoms with Crippen LogP contribution in [-0.2, 0) is 12.8 Å². The Kier molecular flexibility index (Phi) is 16.8. The van der Waals surface area contributed by atoms with Crippen molar-refractivity contribution in [2.45, 2.75) is 113 Å². The first-order valence-corrected chi connectivity index (χ1v) is 23.8. The van der Waals surface area contributed by atoms with Crippen LogP contribution in [0.25, 0.3) is 22.3 Å². The van der Waals surface area contributed by atoms with E-state index in [1.165, 1.54) is 61.7 Å². The number of thiol groups is 1. The molecular weight excluding hydrogens is 795 g/mol. The van der Waals surface area contributed by atoms with Gasteiger partial charge in [-0.25, -0.2) is 4.39 Å². The second-order valence-corrected chi connectivity index (χ2v) is 19.7. The quantitative estimate of drug-likeness (QED) is 0.0465. The predicted octanol–water partition coefficient (Wildman–Crippen LogP) is 17.3. The number of fused-ring (bicyclic) bond motifs is 3. The van der Waals surface area contributed by atoms with Crippen LogP contribution in [0.4, 0.5) is 4.39 Å². The lowest BCUT2D eigenvalue weighted by molar-refractivity contribution is 0.234. The Morgan fingerprint density at radius 2 is 1.62 bits per heavy atom. The van der Waals surface area contributed by atoms with Crippen LogP contribution < -0.4 is 0 Å². The average Bonchev–Trinajstić information content (AvgIpc) is 3.66. The third-order valence-corrected chi connectivity index (χ3v) is 15.0. The van der Waals surface area contributed by atoms with E-state index in [2.05, 4.69) is 190 Å². The fraction of sp³-hybridized carbons (Fsp3) is 0.344. The fourth-order valence-corrected chi connectivity index (χ4v) is 9.77. The molecule has 0 amide bonds. The Hall–Kier alpha value is -4.86. The first kappa shape index (κ1) is 50.1. The normalized spacial score (nSPS) is 18.7. The van der Waals surface area contributed by atoms with Gasteiger partial charge >= 0.3 is 0 Å². The maximum atomic E-state index is 16.7. The van der Waals surface area contributed by atoms with Gasteiger partial charge in [-0.3, -0.25) is 0 Å². The number of allylic oxidation sites excluding steroid dienone is 19. The van der Waals surface area contributed by atoms with Gasteiger partial charge in [0.15, 0.2) is 0 Å². The van der Waals surface area contributed by atoms with Crippen molar-refractivity contribution in [2.75, 3.05) is 0 Å². The standard InChI is InChI=1S/C61H72BFS/c1-14-19-38-60(13,55-33-23-22-31-49(55)42(7)34-36-45(15-2)16-3)44(9)52(40-56(57(63)18-5)61(62,64)59(10,11)12)58-43(8)35-37-51-50-32-25-29-47(53(50)39-54(51)58)28-24-27-46(17-4)48-30-21-20-26-41(48)6/h15,17-27,29-32,34-38,40,44,55,64H,5,7,14,16,28,33,39H2,1-4,6,8-13H3/b27-24-,36-34-,38-19?,45-15-,46-17+,52-40+,57-56-. The molecule has 3 aromatic carbocycles. The summed E-state index contributed by atoms with van der Waals surface area (Å²) in [5, 5.41) is 0. The monoisotopic (exact) mass is 867 g/mol. The number of hydrogen-bond acceptors (Lipinski definition) is 1. The van der Waals surface area contributed by atoms with Gasteiger partial charge < -0.3 is 0 Å². The number of benzene rings is 3. The number of hydrogen-bond donors (Lipinski definition) is 1. The van der Waals surface area contributed by atoms with Crippen LogP contribution in [0.3, 0.4) is 0 Å². The van der Waals surface area contributed by atoms with Crippen LogP contribution in [0, 0.1) is 36.5 Å². The van der Waals surface area contributed by atoms with E-state index >= 15 is 4.39 Å². The molecule has 332 valence electrons. The van der Waals surface area contributed by atoms with Crippen LogP contribution in [0.5, 0.6) is 0 Å². The molecule has 4 atom stereocenters.